The summed E-state index contributed by atoms with van der Waals surface area (Å²) in [7, 11) is 0. The van der Waals surface area contributed by atoms with Crippen LogP contribution in [0, 0.1) is 0 Å². The van der Waals surface area contributed by atoms with Crippen LogP contribution in [0.1, 0.15) is 0 Å². The lowest BCUT2D eigenvalue weighted by molar-refractivity contribution is 0.143. The Kier molecular flexibility index (Phi) is 4.68. The highest BCUT2D eigenvalue weighted by atomic mass is 32.2. The van der Waals surface area contributed by atoms with Crippen LogP contribution in [0.4, 0.5) is 9.59 Å². The molecule has 7 heteroatoms. The molecule has 0 heterocycles. The lowest BCUT2D eigenvalue weighted by Crippen LogP contribution is -2.02. The summed E-state index contributed by atoms with van der Waals surface area (Å²) in [5.41, 5.74) is 0. The Hall–Kier alpha value is -2.67. The van der Waals surface area contributed by atoms with E-state index in [-0.39, 0.29) is 11.5 Å². The van der Waals surface area contributed by atoms with Gasteiger partial charge in [-0.2, -0.15) is 0 Å². The third-order valence-corrected chi connectivity index (χ3v) is 3.31. The molecular weight excluding hydrogens is 296 g/mol. The van der Waals surface area contributed by atoms with Gasteiger partial charge in [0.25, 0.3) is 0 Å². The van der Waals surface area contributed by atoms with E-state index in [0.717, 1.165) is 9.79 Å². The van der Waals surface area contributed by atoms with Gasteiger partial charge in [0.1, 0.15) is 11.5 Å². The zero-order valence-corrected chi connectivity index (χ0v) is 11.4. The highest BCUT2D eigenvalue weighted by Crippen LogP contribution is 2.30. The molecule has 108 valence electrons. The third kappa shape index (κ3) is 4.73. The smallest absolute Gasteiger partial charge is 0.449 e. The van der Waals surface area contributed by atoms with Crippen LogP contribution in [0.25, 0.3) is 0 Å². The molecule has 2 N–H and O–H groups in total. The van der Waals surface area contributed by atoms with Crippen LogP contribution in [0.5, 0.6) is 11.5 Å². The fourth-order valence-corrected chi connectivity index (χ4v) is 2.31. The summed E-state index contributed by atoms with van der Waals surface area (Å²) in [5.74, 6) is 0.495. The van der Waals surface area contributed by atoms with Crippen molar-refractivity contribution in [2.45, 2.75) is 9.79 Å². The topological polar surface area (TPSA) is 93.1 Å². The van der Waals surface area contributed by atoms with E-state index in [0.29, 0.717) is 0 Å². The van der Waals surface area contributed by atoms with Crippen LogP contribution in [0.2, 0.25) is 0 Å². The molecule has 0 spiro atoms. The molecule has 0 aliphatic carbocycles. The Morgan fingerprint density at radius 2 is 1.05 bits per heavy atom. The molecule has 0 aliphatic rings. The summed E-state index contributed by atoms with van der Waals surface area (Å²) in [6.45, 7) is 0. The van der Waals surface area contributed by atoms with Gasteiger partial charge in [0, 0.05) is 9.79 Å². The largest absolute Gasteiger partial charge is 0.511 e. The molecule has 0 bridgehead atoms. The Bertz CT molecular complexity index is 578. The summed E-state index contributed by atoms with van der Waals surface area (Å²) in [6, 6.07) is 13.1. The van der Waals surface area contributed by atoms with Gasteiger partial charge < -0.3 is 19.7 Å². The Balaban J connectivity index is 2.01. The summed E-state index contributed by atoms with van der Waals surface area (Å²) < 4.78 is 9.01. The average Bonchev–Trinajstić information content (AvgIpc) is 2.42. The molecule has 0 aromatic heterocycles. The molecule has 0 radical (unpaired) electrons. The van der Waals surface area contributed by atoms with Crippen molar-refractivity contribution in [3.8, 4) is 11.5 Å². The second-order valence-electron chi connectivity index (χ2n) is 3.78. The predicted molar refractivity (Wildman–Crippen MR) is 74.3 cm³/mol. The molecule has 6 nitrogen and oxygen atoms in total. The summed E-state index contributed by atoms with van der Waals surface area (Å²) in [5, 5.41) is 17.0. The van der Waals surface area contributed by atoms with E-state index in [4.69, 9.17) is 10.2 Å². The van der Waals surface area contributed by atoms with Gasteiger partial charge in [-0.15, -0.1) is 0 Å². The summed E-state index contributed by atoms with van der Waals surface area (Å²) in [6.07, 6.45) is -2.71. The van der Waals surface area contributed by atoms with Crippen molar-refractivity contribution in [3.63, 3.8) is 0 Å². The standard InChI is InChI=1S/C14H10O6S/c15-13(16)19-9-1-5-11(6-2-9)21-12-7-3-10(4-8-12)20-14(17)18/h1-8H,(H,15,16)(H,17,18). The first-order valence-electron chi connectivity index (χ1n) is 5.72. The van der Waals surface area contributed by atoms with Gasteiger partial charge in [-0.1, -0.05) is 11.8 Å². The van der Waals surface area contributed by atoms with Crippen molar-refractivity contribution >= 4 is 24.1 Å². The van der Waals surface area contributed by atoms with Crippen LogP contribution in [0.15, 0.2) is 58.3 Å². The molecule has 0 unspecified atom stereocenters. The van der Waals surface area contributed by atoms with Crippen LogP contribution < -0.4 is 9.47 Å². The Morgan fingerprint density at radius 1 is 0.714 bits per heavy atom. The molecule has 0 atom stereocenters. The molecule has 0 saturated heterocycles. The van der Waals surface area contributed by atoms with E-state index in [2.05, 4.69) is 9.47 Å². The highest BCUT2D eigenvalue weighted by molar-refractivity contribution is 7.99. The maximum absolute atomic E-state index is 10.4. The SMILES string of the molecule is O=C(O)Oc1ccc(Sc2ccc(OC(=O)O)cc2)cc1. The van der Waals surface area contributed by atoms with Gasteiger partial charge in [-0.3, -0.25) is 0 Å². The minimum Gasteiger partial charge on any atom is -0.449 e. The van der Waals surface area contributed by atoms with E-state index in [1.807, 2.05) is 0 Å². The maximum Gasteiger partial charge on any atom is 0.511 e. The molecular formula is C14H10O6S. The lowest BCUT2D eigenvalue weighted by atomic mass is 10.3. The van der Waals surface area contributed by atoms with Crippen molar-refractivity contribution in [1.82, 2.24) is 0 Å². The lowest BCUT2D eigenvalue weighted by Gasteiger charge is -2.04. The van der Waals surface area contributed by atoms with E-state index >= 15 is 0 Å². The normalized spacial score (nSPS) is 9.90. The highest BCUT2D eigenvalue weighted by Gasteiger charge is 2.04. The second-order valence-corrected chi connectivity index (χ2v) is 4.93. The van der Waals surface area contributed by atoms with E-state index in [1.54, 1.807) is 48.5 Å². The quantitative estimate of drug-likeness (QED) is 0.652. The summed E-state index contributed by atoms with van der Waals surface area (Å²) >= 11 is 1.44. The molecule has 0 aliphatic heterocycles. The number of carbonyl (C=O) groups is 2. The first-order chi connectivity index (χ1) is 10.0. The number of hydrogen-bond donors (Lipinski definition) is 2. The average molecular weight is 306 g/mol. The van der Waals surface area contributed by atoms with Crippen LogP contribution in [-0.4, -0.2) is 22.5 Å². The minimum atomic E-state index is -1.36. The Labute approximate surface area is 123 Å². The zero-order valence-electron chi connectivity index (χ0n) is 10.6. The van der Waals surface area contributed by atoms with Crippen LogP contribution >= 0.6 is 11.8 Å². The number of ether oxygens (including phenoxy) is 2. The van der Waals surface area contributed by atoms with Gasteiger partial charge in [0.2, 0.25) is 0 Å². The van der Waals surface area contributed by atoms with Gasteiger partial charge in [0.05, 0.1) is 0 Å². The van der Waals surface area contributed by atoms with Crippen molar-refractivity contribution in [2.24, 2.45) is 0 Å². The zero-order chi connectivity index (χ0) is 15.2. The van der Waals surface area contributed by atoms with Crippen molar-refractivity contribution < 1.29 is 29.3 Å². The molecule has 2 aromatic rings. The number of rotatable bonds is 4. The second kappa shape index (κ2) is 6.67. The number of benzene rings is 2. The molecule has 0 fully saturated rings. The fraction of sp³-hybridized carbons (Fsp3) is 0. The van der Waals surface area contributed by atoms with Crippen LogP contribution in [-0.2, 0) is 0 Å². The first kappa shape index (κ1) is 14.7. The maximum atomic E-state index is 10.4. The van der Waals surface area contributed by atoms with E-state index in [9.17, 15) is 9.59 Å². The van der Waals surface area contributed by atoms with Gasteiger partial charge in [-0.05, 0) is 48.5 Å². The molecule has 2 aromatic carbocycles. The monoisotopic (exact) mass is 306 g/mol. The van der Waals surface area contributed by atoms with Crippen molar-refractivity contribution in [1.29, 1.82) is 0 Å². The minimum absolute atomic E-state index is 0.247. The predicted octanol–water partition coefficient (Wildman–Crippen LogP) is 3.95. The Morgan fingerprint density at radius 3 is 1.33 bits per heavy atom. The molecule has 0 amide bonds. The summed E-state index contributed by atoms with van der Waals surface area (Å²) in [4.78, 5) is 22.5. The van der Waals surface area contributed by atoms with E-state index in [1.165, 1.54) is 11.8 Å². The van der Waals surface area contributed by atoms with Crippen LogP contribution in [0.3, 0.4) is 0 Å². The third-order valence-electron chi connectivity index (χ3n) is 2.29. The number of hydrogen-bond acceptors (Lipinski definition) is 5. The number of carboxylic acid groups (broad SMARTS) is 2. The fourth-order valence-electron chi connectivity index (χ4n) is 1.49. The molecule has 21 heavy (non-hydrogen) atoms. The molecule has 2 rings (SSSR count). The van der Waals surface area contributed by atoms with E-state index < -0.39 is 12.3 Å². The van der Waals surface area contributed by atoms with Gasteiger partial charge in [0.15, 0.2) is 0 Å². The molecule has 0 saturated carbocycles. The first-order valence-corrected chi connectivity index (χ1v) is 6.54. The van der Waals surface area contributed by atoms with Gasteiger partial charge in [-0.25, -0.2) is 9.59 Å². The van der Waals surface area contributed by atoms with Gasteiger partial charge >= 0.3 is 12.3 Å². The van der Waals surface area contributed by atoms with Crippen molar-refractivity contribution in [3.05, 3.63) is 48.5 Å². The van der Waals surface area contributed by atoms with Crippen molar-refractivity contribution in [2.75, 3.05) is 0 Å².